The van der Waals surface area contributed by atoms with Crippen molar-refractivity contribution < 1.29 is 4.74 Å². The van der Waals surface area contributed by atoms with Gasteiger partial charge in [0.2, 0.25) is 0 Å². The number of ether oxygens (including phenoxy) is 1. The molecule has 2 unspecified atom stereocenters. The van der Waals surface area contributed by atoms with Crippen molar-refractivity contribution in [2.45, 2.75) is 31.4 Å². The van der Waals surface area contributed by atoms with E-state index in [0.717, 1.165) is 31.9 Å². The van der Waals surface area contributed by atoms with E-state index in [1.54, 1.807) is 0 Å². The predicted molar refractivity (Wildman–Crippen MR) is 71.9 cm³/mol. The van der Waals surface area contributed by atoms with Crippen molar-refractivity contribution in [3.63, 3.8) is 0 Å². The summed E-state index contributed by atoms with van der Waals surface area (Å²) >= 11 is 0. The molecule has 0 amide bonds. The molecule has 97 valence electrons. The fourth-order valence-corrected chi connectivity index (χ4v) is 3.03. The molecule has 0 bridgehead atoms. The molecular formula is C15H21N2O. The highest BCUT2D eigenvalue weighted by molar-refractivity contribution is 5.21. The first-order valence-corrected chi connectivity index (χ1v) is 7.01. The van der Waals surface area contributed by atoms with Gasteiger partial charge in [0.15, 0.2) is 0 Å². The van der Waals surface area contributed by atoms with Crippen molar-refractivity contribution in [3.8, 4) is 5.75 Å². The van der Waals surface area contributed by atoms with E-state index in [0.29, 0.717) is 12.1 Å². The van der Waals surface area contributed by atoms with Crippen LogP contribution in [-0.4, -0.2) is 43.2 Å². The van der Waals surface area contributed by atoms with Crippen LogP contribution in [0.1, 0.15) is 19.3 Å². The van der Waals surface area contributed by atoms with Gasteiger partial charge in [-0.2, -0.15) is 0 Å². The minimum atomic E-state index is 0.399. The SMILES string of the molecule is c1ccc(OC2CCC(N3CC[N]CC3)C2)cc1. The molecule has 0 spiro atoms. The molecule has 1 radical (unpaired) electrons. The minimum Gasteiger partial charge on any atom is -0.490 e. The first-order chi connectivity index (χ1) is 8.92. The second-order valence-electron chi connectivity index (χ2n) is 5.23. The molecule has 1 aliphatic carbocycles. The molecule has 3 rings (SSSR count). The van der Waals surface area contributed by atoms with E-state index < -0.39 is 0 Å². The Hall–Kier alpha value is -1.06. The van der Waals surface area contributed by atoms with E-state index in [9.17, 15) is 0 Å². The summed E-state index contributed by atoms with van der Waals surface area (Å²) in [6, 6.07) is 10.9. The molecule has 0 aromatic heterocycles. The van der Waals surface area contributed by atoms with Crippen molar-refractivity contribution in [3.05, 3.63) is 30.3 Å². The van der Waals surface area contributed by atoms with Gasteiger partial charge in [-0.25, -0.2) is 5.32 Å². The third-order valence-corrected chi connectivity index (χ3v) is 4.01. The maximum atomic E-state index is 6.05. The van der Waals surface area contributed by atoms with Crippen LogP contribution in [0.25, 0.3) is 0 Å². The first kappa shape index (κ1) is 12.0. The lowest BCUT2D eigenvalue weighted by Gasteiger charge is -2.31. The van der Waals surface area contributed by atoms with Gasteiger partial charge < -0.3 is 4.74 Å². The van der Waals surface area contributed by atoms with Crippen LogP contribution in [0, 0.1) is 0 Å². The zero-order valence-electron chi connectivity index (χ0n) is 10.8. The number of para-hydroxylation sites is 1. The van der Waals surface area contributed by atoms with Gasteiger partial charge in [-0.05, 0) is 31.4 Å². The van der Waals surface area contributed by atoms with Crippen molar-refractivity contribution in [2.75, 3.05) is 26.2 Å². The lowest BCUT2D eigenvalue weighted by Crippen LogP contribution is -2.45. The smallest absolute Gasteiger partial charge is 0.119 e. The van der Waals surface area contributed by atoms with Crippen molar-refractivity contribution in [1.82, 2.24) is 10.2 Å². The maximum Gasteiger partial charge on any atom is 0.119 e. The lowest BCUT2D eigenvalue weighted by molar-refractivity contribution is 0.151. The molecule has 1 saturated heterocycles. The summed E-state index contributed by atoms with van der Waals surface area (Å²) < 4.78 is 6.05. The largest absolute Gasteiger partial charge is 0.490 e. The predicted octanol–water partition coefficient (Wildman–Crippen LogP) is 1.91. The molecule has 2 aliphatic rings. The zero-order valence-corrected chi connectivity index (χ0v) is 10.8. The zero-order chi connectivity index (χ0) is 12.2. The highest BCUT2D eigenvalue weighted by Gasteiger charge is 2.31. The standard InChI is InChI=1S/C15H21N2O/c1-2-4-14(5-3-1)18-15-7-6-13(12-15)17-10-8-16-9-11-17/h1-5,13,15H,6-12H2. The Kier molecular flexibility index (Phi) is 3.81. The normalized spacial score (nSPS) is 29.3. The minimum absolute atomic E-state index is 0.399. The number of hydrogen-bond donors (Lipinski definition) is 0. The number of hydrogen-bond acceptors (Lipinski definition) is 2. The Bertz CT molecular complexity index is 362. The van der Waals surface area contributed by atoms with E-state index in [2.05, 4.69) is 10.2 Å². The van der Waals surface area contributed by atoms with Crippen LogP contribution in [0.2, 0.25) is 0 Å². The molecule has 3 nitrogen and oxygen atoms in total. The lowest BCUT2D eigenvalue weighted by atomic mass is 10.2. The van der Waals surface area contributed by atoms with Gasteiger partial charge in [-0.3, -0.25) is 4.90 Å². The van der Waals surface area contributed by atoms with Crippen LogP contribution in [0.5, 0.6) is 5.75 Å². The van der Waals surface area contributed by atoms with E-state index in [4.69, 9.17) is 4.74 Å². The summed E-state index contributed by atoms with van der Waals surface area (Å²) in [4.78, 5) is 2.60. The van der Waals surface area contributed by atoms with Gasteiger partial charge in [-0.1, -0.05) is 18.2 Å². The Labute approximate surface area is 109 Å². The van der Waals surface area contributed by atoms with Crippen LogP contribution < -0.4 is 10.1 Å². The summed E-state index contributed by atoms with van der Waals surface area (Å²) in [5.41, 5.74) is 0. The monoisotopic (exact) mass is 245 g/mol. The summed E-state index contributed by atoms with van der Waals surface area (Å²) in [6.07, 6.45) is 4.04. The average molecular weight is 245 g/mol. The molecule has 18 heavy (non-hydrogen) atoms. The molecule has 1 aromatic rings. The van der Waals surface area contributed by atoms with Gasteiger partial charge in [0.05, 0.1) is 0 Å². The van der Waals surface area contributed by atoms with Crippen LogP contribution in [-0.2, 0) is 0 Å². The van der Waals surface area contributed by atoms with Crippen molar-refractivity contribution >= 4 is 0 Å². The first-order valence-electron chi connectivity index (χ1n) is 7.01. The third kappa shape index (κ3) is 2.85. The topological polar surface area (TPSA) is 26.6 Å². The van der Waals surface area contributed by atoms with Crippen molar-refractivity contribution in [2.24, 2.45) is 0 Å². The second-order valence-corrected chi connectivity index (χ2v) is 5.23. The molecule has 1 aromatic carbocycles. The molecule has 1 heterocycles. The van der Waals surface area contributed by atoms with E-state index in [1.165, 1.54) is 19.3 Å². The molecule has 2 fully saturated rings. The van der Waals surface area contributed by atoms with Crippen molar-refractivity contribution in [1.29, 1.82) is 0 Å². The molecule has 3 heteroatoms. The summed E-state index contributed by atoms with van der Waals surface area (Å²) in [7, 11) is 0. The Balaban J connectivity index is 1.52. The van der Waals surface area contributed by atoms with E-state index >= 15 is 0 Å². The fourth-order valence-electron chi connectivity index (χ4n) is 3.03. The summed E-state index contributed by atoms with van der Waals surface area (Å²) in [5.74, 6) is 1.01. The van der Waals surface area contributed by atoms with Crippen LogP contribution in [0.3, 0.4) is 0 Å². The second kappa shape index (κ2) is 5.72. The molecule has 2 atom stereocenters. The summed E-state index contributed by atoms with van der Waals surface area (Å²) in [5, 5.41) is 4.41. The van der Waals surface area contributed by atoms with Crippen LogP contribution in [0.15, 0.2) is 30.3 Å². The van der Waals surface area contributed by atoms with Crippen LogP contribution >= 0.6 is 0 Å². The van der Waals surface area contributed by atoms with E-state index in [-0.39, 0.29) is 0 Å². The quantitative estimate of drug-likeness (QED) is 0.813. The Morgan fingerprint density at radius 3 is 2.61 bits per heavy atom. The molecular weight excluding hydrogens is 224 g/mol. The Morgan fingerprint density at radius 1 is 1.06 bits per heavy atom. The fraction of sp³-hybridized carbons (Fsp3) is 0.600. The highest BCUT2D eigenvalue weighted by atomic mass is 16.5. The summed E-state index contributed by atoms with van der Waals surface area (Å²) in [6.45, 7) is 4.31. The van der Waals surface area contributed by atoms with E-state index in [1.807, 2.05) is 30.3 Å². The number of rotatable bonds is 3. The highest BCUT2D eigenvalue weighted by Crippen LogP contribution is 2.28. The molecule has 1 saturated carbocycles. The number of piperazine rings is 1. The maximum absolute atomic E-state index is 6.05. The van der Waals surface area contributed by atoms with Gasteiger partial charge in [0.1, 0.15) is 11.9 Å². The average Bonchev–Trinajstić information content (AvgIpc) is 2.89. The number of nitrogens with zero attached hydrogens (tertiary/aromatic N) is 2. The van der Waals surface area contributed by atoms with Gasteiger partial charge in [0, 0.05) is 32.2 Å². The molecule has 0 N–H and O–H groups in total. The number of benzene rings is 1. The van der Waals surface area contributed by atoms with Gasteiger partial charge in [0.25, 0.3) is 0 Å². The van der Waals surface area contributed by atoms with Gasteiger partial charge in [-0.15, -0.1) is 0 Å². The Morgan fingerprint density at radius 2 is 1.83 bits per heavy atom. The van der Waals surface area contributed by atoms with Crippen LogP contribution in [0.4, 0.5) is 0 Å². The molecule has 1 aliphatic heterocycles. The van der Waals surface area contributed by atoms with Gasteiger partial charge >= 0.3 is 0 Å². The third-order valence-electron chi connectivity index (χ3n) is 4.01.